The molecule has 3 fully saturated rings. The number of carboxylic acid groups (broad SMARTS) is 1. The van der Waals surface area contributed by atoms with Crippen LogP contribution in [0, 0.1) is 12.8 Å². The summed E-state index contributed by atoms with van der Waals surface area (Å²) in [6.45, 7) is 6.29. The Kier molecular flexibility index (Phi) is 7.86. The molecule has 1 aromatic carbocycles. The monoisotopic (exact) mass is 595 g/mol. The van der Waals surface area contributed by atoms with Gasteiger partial charge >= 0.3 is 5.97 Å². The summed E-state index contributed by atoms with van der Waals surface area (Å²) in [6, 6.07) is 15.2. The highest BCUT2D eigenvalue weighted by molar-refractivity contribution is 5.99. The number of likely N-dealkylation sites (tertiary alicyclic amines) is 1. The van der Waals surface area contributed by atoms with E-state index in [-0.39, 0.29) is 23.5 Å². The predicted octanol–water partition coefficient (Wildman–Crippen LogP) is 5.17. The van der Waals surface area contributed by atoms with Crippen LogP contribution in [0.4, 0.5) is 0 Å². The van der Waals surface area contributed by atoms with Crippen molar-refractivity contribution in [2.75, 3.05) is 19.7 Å². The van der Waals surface area contributed by atoms with E-state index >= 15 is 0 Å². The number of aromatic nitrogens is 4. The number of piperidine rings is 1. The zero-order valence-corrected chi connectivity index (χ0v) is 24.9. The van der Waals surface area contributed by atoms with Crippen LogP contribution in [0.5, 0.6) is 5.88 Å². The molecule has 0 radical (unpaired) electrons. The molecule has 0 unspecified atom stereocenters. The SMILES string of the molecule is Cc1cc(C(=O)C2CC2)ccc1COc1cccc(C2CCN(Cc3nc4ccc(C(=O)O)nc4n3C[C@@H]3CCO3)CC2)n1. The van der Waals surface area contributed by atoms with E-state index in [1.165, 1.54) is 6.07 Å². The smallest absolute Gasteiger partial charge is 0.354 e. The van der Waals surface area contributed by atoms with Crippen LogP contribution in [-0.4, -0.2) is 67.1 Å². The van der Waals surface area contributed by atoms with Gasteiger partial charge in [0.2, 0.25) is 5.88 Å². The first-order chi connectivity index (χ1) is 21.4. The van der Waals surface area contributed by atoms with Gasteiger partial charge in [-0.3, -0.25) is 9.69 Å². The molecule has 1 atom stereocenters. The van der Waals surface area contributed by atoms with Crippen molar-refractivity contribution >= 4 is 22.9 Å². The number of Topliss-reactive ketones (excluding diaryl/α,β-unsaturated/α-hetero) is 1. The normalized spacial score (nSPS) is 19.2. The molecule has 10 heteroatoms. The zero-order chi connectivity index (χ0) is 30.2. The number of rotatable bonds is 11. The van der Waals surface area contributed by atoms with Gasteiger partial charge in [0, 0.05) is 35.8 Å². The quantitative estimate of drug-likeness (QED) is 0.234. The van der Waals surface area contributed by atoms with Gasteiger partial charge in [0.1, 0.15) is 17.9 Å². The van der Waals surface area contributed by atoms with Crippen LogP contribution >= 0.6 is 0 Å². The summed E-state index contributed by atoms with van der Waals surface area (Å²) in [7, 11) is 0. The van der Waals surface area contributed by atoms with Gasteiger partial charge < -0.3 is 19.1 Å². The van der Waals surface area contributed by atoms with Crippen molar-refractivity contribution in [1.82, 2.24) is 24.4 Å². The maximum absolute atomic E-state index is 12.4. The Hall–Kier alpha value is -4.15. The molecular weight excluding hydrogens is 558 g/mol. The van der Waals surface area contributed by atoms with Gasteiger partial charge in [0.05, 0.1) is 19.2 Å². The summed E-state index contributed by atoms with van der Waals surface area (Å²) in [5, 5.41) is 9.47. The molecule has 1 saturated carbocycles. The number of carbonyl (C=O) groups is 2. The predicted molar refractivity (Wildman–Crippen MR) is 163 cm³/mol. The number of imidazole rings is 1. The van der Waals surface area contributed by atoms with E-state index in [1.54, 1.807) is 6.07 Å². The lowest BCUT2D eigenvalue weighted by Gasteiger charge is -2.32. The molecule has 5 heterocycles. The van der Waals surface area contributed by atoms with Crippen LogP contribution in [0.1, 0.15) is 81.5 Å². The first-order valence-electron chi connectivity index (χ1n) is 15.6. The zero-order valence-electron chi connectivity index (χ0n) is 24.9. The van der Waals surface area contributed by atoms with Gasteiger partial charge in [-0.05, 0) is 87.5 Å². The Bertz CT molecular complexity index is 1700. The van der Waals surface area contributed by atoms with Crippen molar-refractivity contribution in [3.05, 3.63) is 82.4 Å². The van der Waals surface area contributed by atoms with Gasteiger partial charge in [-0.15, -0.1) is 0 Å². The number of pyridine rings is 2. The van der Waals surface area contributed by atoms with Gasteiger partial charge in [-0.2, -0.15) is 0 Å². The molecule has 1 N–H and O–H groups in total. The Labute approximate surface area is 256 Å². The number of ketones is 1. The molecule has 4 aromatic rings. The van der Waals surface area contributed by atoms with E-state index in [1.807, 2.05) is 41.8 Å². The maximum atomic E-state index is 12.4. The van der Waals surface area contributed by atoms with Crippen molar-refractivity contribution in [2.45, 2.75) is 70.7 Å². The lowest BCUT2D eigenvalue weighted by molar-refractivity contribution is -0.0593. The van der Waals surface area contributed by atoms with Crippen molar-refractivity contribution in [3.8, 4) is 5.88 Å². The van der Waals surface area contributed by atoms with Gasteiger partial charge in [-0.1, -0.05) is 18.2 Å². The van der Waals surface area contributed by atoms with E-state index in [2.05, 4.69) is 16.0 Å². The van der Waals surface area contributed by atoms with E-state index in [0.29, 0.717) is 42.7 Å². The van der Waals surface area contributed by atoms with Crippen LogP contribution in [0.2, 0.25) is 0 Å². The summed E-state index contributed by atoms with van der Waals surface area (Å²) in [5.74, 6) is 1.27. The number of hydrogen-bond acceptors (Lipinski definition) is 8. The van der Waals surface area contributed by atoms with E-state index in [9.17, 15) is 14.7 Å². The first-order valence-corrected chi connectivity index (χ1v) is 15.6. The molecule has 0 spiro atoms. The number of carbonyl (C=O) groups excluding carboxylic acids is 1. The number of benzene rings is 1. The fourth-order valence-corrected chi connectivity index (χ4v) is 6.18. The number of ether oxygens (including phenoxy) is 2. The number of hydrogen-bond donors (Lipinski definition) is 1. The second-order valence-corrected chi connectivity index (χ2v) is 12.3. The second-order valence-electron chi connectivity index (χ2n) is 12.3. The van der Waals surface area contributed by atoms with E-state index < -0.39 is 5.97 Å². The average Bonchev–Trinajstić information content (AvgIpc) is 3.81. The number of aromatic carboxylic acids is 1. The van der Waals surface area contributed by atoms with E-state index in [0.717, 1.165) is 80.0 Å². The summed E-state index contributed by atoms with van der Waals surface area (Å²) >= 11 is 0. The molecule has 0 bridgehead atoms. The molecule has 228 valence electrons. The lowest BCUT2D eigenvalue weighted by Crippen LogP contribution is -2.35. The Morgan fingerprint density at radius 3 is 2.52 bits per heavy atom. The summed E-state index contributed by atoms with van der Waals surface area (Å²) in [5.41, 5.74) is 5.29. The molecule has 0 amide bonds. The number of carboxylic acids is 1. The third kappa shape index (κ3) is 6.09. The number of nitrogens with zero attached hydrogens (tertiary/aromatic N) is 5. The van der Waals surface area contributed by atoms with Gasteiger partial charge in [-0.25, -0.2) is 19.7 Å². The highest BCUT2D eigenvalue weighted by Crippen LogP contribution is 2.33. The molecule has 7 rings (SSSR count). The lowest BCUT2D eigenvalue weighted by atomic mass is 9.93. The maximum Gasteiger partial charge on any atom is 0.354 e. The summed E-state index contributed by atoms with van der Waals surface area (Å²) < 4.78 is 13.8. The van der Waals surface area contributed by atoms with Crippen molar-refractivity contribution in [1.29, 1.82) is 0 Å². The molecular formula is C34H37N5O5. The summed E-state index contributed by atoms with van der Waals surface area (Å²) in [4.78, 5) is 40.5. The van der Waals surface area contributed by atoms with Crippen molar-refractivity contribution < 1.29 is 24.2 Å². The summed E-state index contributed by atoms with van der Waals surface area (Å²) in [6.07, 6.45) is 5.05. The van der Waals surface area contributed by atoms with Crippen LogP contribution in [0.3, 0.4) is 0 Å². The van der Waals surface area contributed by atoms with Gasteiger partial charge in [0.25, 0.3) is 0 Å². The Morgan fingerprint density at radius 2 is 1.82 bits per heavy atom. The fourth-order valence-electron chi connectivity index (χ4n) is 6.18. The second kappa shape index (κ2) is 12.1. The molecule has 2 aliphatic heterocycles. The topological polar surface area (TPSA) is 120 Å². The largest absolute Gasteiger partial charge is 0.477 e. The fraction of sp³-hybridized carbons (Fsp3) is 0.441. The molecule has 44 heavy (non-hydrogen) atoms. The number of aryl methyl sites for hydroxylation is 1. The Morgan fingerprint density at radius 1 is 1.00 bits per heavy atom. The molecule has 3 aromatic heterocycles. The van der Waals surface area contributed by atoms with E-state index in [4.69, 9.17) is 19.4 Å². The molecule has 3 aliphatic rings. The van der Waals surface area contributed by atoms with Crippen LogP contribution in [0.25, 0.3) is 11.2 Å². The third-order valence-corrected chi connectivity index (χ3v) is 9.14. The molecule has 10 nitrogen and oxygen atoms in total. The van der Waals surface area contributed by atoms with Crippen molar-refractivity contribution in [2.24, 2.45) is 5.92 Å². The first kappa shape index (κ1) is 28.6. The minimum absolute atomic E-state index is 0.0210. The Balaban J connectivity index is 0.979. The average molecular weight is 596 g/mol. The number of fused-ring (bicyclic) bond motifs is 1. The minimum Gasteiger partial charge on any atom is -0.477 e. The van der Waals surface area contributed by atoms with Crippen LogP contribution in [0.15, 0.2) is 48.5 Å². The highest BCUT2D eigenvalue weighted by Gasteiger charge is 2.30. The standard InChI is InChI=1S/C34H37N5O5/c1-21-17-24(32(40)23-5-6-23)7-8-25(21)20-44-31-4-2-3-27(36-31)22-11-14-38(15-12-22)19-30-35-28-9-10-29(34(41)42)37-33(28)39(30)18-26-13-16-43-26/h2-4,7-10,17,22-23,26H,5-6,11-16,18-20H2,1H3,(H,41,42)/t26-/m0/s1. The van der Waals surface area contributed by atoms with Gasteiger partial charge in [0.15, 0.2) is 17.1 Å². The van der Waals surface area contributed by atoms with Crippen LogP contribution < -0.4 is 4.74 Å². The minimum atomic E-state index is -1.04. The molecule has 2 saturated heterocycles. The highest BCUT2D eigenvalue weighted by atomic mass is 16.5. The van der Waals surface area contributed by atoms with Crippen molar-refractivity contribution in [3.63, 3.8) is 0 Å². The molecule has 1 aliphatic carbocycles. The third-order valence-electron chi connectivity index (χ3n) is 9.14. The van der Waals surface area contributed by atoms with Crippen LogP contribution in [-0.2, 0) is 24.4 Å².